The molecule has 0 radical (unpaired) electrons. The van der Waals surface area contributed by atoms with Gasteiger partial charge in [-0.2, -0.15) is 4.98 Å². The molecule has 0 saturated carbocycles. The van der Waals surface area contributed by atoms with E-state index >= 15 is 0 Å². The molecule has 38 heavy (non-hydrogen) atoms. The zero-order valence-electron chi connectivity index (χ0n) is 25.8. The van der Waals surface area contributed by atoms with Gasteiger partial charge in [-0.25, -0.2) is 0 Å². The second-order valence-corrected chi connectivity index (χ2v) is 9.29. The molecule has 0 amide bonds. The highest BCUT2D eigenvalue weighted by Gasteiger charge is 2.11. The number of carbonyl (C=O) groups is 1. The largest absolute Gasteiger partial charge is 0.494 e. The molecule has 2 rings (SSSR count). The van der Waals surface area contributed by atoms with E-state index in [1.807, 2.05) is 59.9 Å². The first kappa shape index (κ1) is 37.9. The zero-order valence-corrected chi connectivity index (χ0v) is 25.8. The van der Waals surface area contributed by atoms with Crippen LogP contribution in [0.25, 0.3) is 0 Å². The topological polar surface area (TPSA) is 97.5 Å². The first-order chi connectivity index (χ1) is 18.4. The van der Waals surface area contributed by atoms with E-state index in [4.69, 9.17) is 14.4 Å². The van der Waals surface area contributed by atoms with Crippen molar-refractivity contribution in [2.24, 2.45) is 5.92 Å². The number of unbranched alkanes of at least 4 members (excludes halogenated alkanes) is 1. The highest BCUT2D eigenvalue weighted by atomic mass is 16.5. The number of aldehydes is 1. The Morgan fingerprint density at radius 1 is 1.05 bits per heavy atom. The Bertz CT molecular complexity index is 787. The third-order valence-corrected chi connectivity index (χ3v) is 5.77. The summed E-state index contributed by atoms with van der Waals surface area (Å²) in [4.78, 5) is 14.9. The van der Waals surface area contributed by atoms with Crippen LogP contribution in [0.2, 0.25) is 0 Å². The summed E-state index contributed by atoms with van der Waals surface area (Å²) >= 11 is 0. The number of nitrogens with zero attached hydrogens (tertiary/aromatic N) is 2. The van der Waals surface area contributed by atoms with Gasteiger partial charge in [0.25, 0.3) is 0 Å². The Morgan fingerprint density at radius 3 is 2.13 bits per heavy atom. The zero-order chi connectivity index (χ0) is 29.2. The van der Waals surface area contributed by atoms with Crippen LogP contribution in [0.15, 0.2) is 22.7 Å². The van der Waals surface area contributed by atoms with Crippen molar-refractivity contribution in [3.63, 3.8) is 0 Å². The number of hydrogen-bond donors (Lipinski definition) is 2. The molecule has 0 saturated heterocycles. The van der Waals surface area contributed by atoms with Crippen molar-refractivity contribution >= 4 is 6.29 Å². The summed E-state index contributed by atoms with van der Waals surface area (Å²) in [6, 6.07) is 5.65. The summed E-state index contributed by atoms with van der Waals surface area (Å²) in [6.45, 7) is 18.4. The smallest absolute Gasteiger partial charge is 0.230 e. The van der Waals surface area contributed by atoms with Gasteiger partial charge in [0.15, 0.2) is 5.82 Å². The van der Waals surface area contributed by atoms with Crippen molar-refractivity contribution in [2.75, 3.05) is 26.8 Å². The second kappa shape index (κ2) is 26.4. The summed E-state index contributed by atoms with van der Waals surface area (Å²) in [6.07, 6.45) is 10.5. The van der Waals surface area contributed by atoms with E-state index in [-0.39, 0.29) is 0 Å². The molecule has 0 fully saturated rings. The molecular weight excluding hydrogens is 478 g/mol. The third kappa shape index (κ3) is 18.9. The summed E-state index contributed by atoms with van der Waals surface area (Å²) in [5, 5.41) is 14.8. The molecule has 1 aromatic heterocycles. The number of ether oxygens (including phenoxy) is 1. The van der Waals surface area contributed by atoms with E-state index in [9.17, 15) is 4.79 Å². The van der Waals surface area contributed by atoms with Crippen LogP contribution in [0.3, 0.4) is 0 Å². The molecule has 0 aliphatic heterocycles. The highest BCUT2D eigenvalue weighted by Crippen LogP contribution is 2.20. The number of aliphatic hydroxyl groups excluding tert-OH is 1. The molecule has 0 bridgehead atoms. The Labute approximate surface area is 233 Å². The Hall–Kier alpha value is -2.25. The fourth-order valence-corrected chi connectivity index (χ4v) is 3.75. The number of likely N-dealkylation sites (N-methyl/N-ethyl adjacent to an activating group) is 1. The van der Waals surface area contributed by atoms with Gasteiger partial charge in [0, 0.05) is 24.6 Å². The summed E-state index contributed by atoms with van der Waals surface area (Å²) in [5.74, 6) is 3.42. The molecule has 0 spiro atoms. The van der Waals surface area contributed by atoms with Gasteiger partial charge in [-0.15, -0.1) is 0 Å². The van der Waals surface area contributed by atoms with Gasteiger partial charge < -0.3 is 19.7 Å². The van der Waals surface area contributed by atoms with Crippen LogP contribution in [-0.4, -0.2) is 48.3 Å². The van der Waals surface area contributed by atoms with Crippen LogP contribution in [0.4, 0.5) is 0 Å². The number of aromatic nitrogens is 2. The predicted octanol–water partition coefficient (Wildman–Crippen LogP) is 7.69. The molecule has 2 aromatic rings. The number of aliphatic hydroxyl groups is 1. The molecule has 1 aromatic carbocycles. The average Bonchev–Trinajstić information content (AvgIpc) is 3.36. The lowest BCUT2D eigenvalue weighted by molar-refractivity contribution is 0.112. The Balaban J connectivity index is 0. The number of hydrogen-bond acceptors (Lipinski definition) is 7. The van der Waals surface area contributed by atoms with Crippen molar-refractivity contribution in [3.8, 4) is 5.75 Å². The number of aryl methyl sites for hydroxylation is 2. The van der Waals surface area contributed by atoms with Gasteiger partial charge in [0.2, 0.25) is 5.89 Å². The lowest BCUT2D eigenvalue weighted by Gasteiger charge is -2.15. The summed E-state index contributed by atoms with van der Waals surface area (Å²) < 4.78 is 10.8. The molecule has 7 heteroatoms. The maximum atomic E-state index is 10.8. The van der Waals surface area contributed by atoms with E-state index in [0.717, 1.165) is 61.5 Å². The van der Waals surface area contributed by atoms with Crippen LogP contribution in [-0.2, 0) is 0 Å². The van der Waals surface area contributed by atoms with Gasteiger partial charge >= 0.3 is 0 Å². The maximum Gasteiger partial charge on any atom is 0.230 e. The van der Waals surface area contributed by atoms with Crippen LogP contribution < -0.4 is 10.1 Å². The highest BCUT2D eigenvalue weighted by molar-refractivity contribution is 5.77. The van der Waals surface area contributed by atoms with Crippen LogP contribution in [0.1, 0.15) is 126 Å². The van der Waals surface area contributed by atoms with Gasteiger partial charge in [0.1, 0.15) is 12.0 Å². The van der Waals surface area contributed by atoms with E-state index in [1.165, 1.54) is 32.1 Å². The molecule has 7 nitrogen and oxygen atoms in total. The average molecular weight is 536 g/mol. The summed E-state index contributed by atoms with van der Waals surface area (Å²) in [7, 11) is 1.90. The molecular formula is C31H57N3O4. The minimum absolute atomic E-state index is 0.293. The molecule has 1 unspecified atom stereocenters. The van der Waals surface area contributed by atoms with Gasteiger partial charge in [-0.1, -0.05) is 78.8 Å². The fourth-order valence-electron chi connectivity index (χ4n) is 3.75. The monoisotopic (exact) mass is 535 g/mol. The van der Waals surface area contributed by atoms with Crippen molar-refractivity contribution < 1.29 is 19.2 Å². The number of carbonyl (C=O) groups excluding carboxylic acids is 1. The molecule has 220 valence electrons. The van der Waals surface area contributed by atoms with E-state index in [1.54, 1.807) is 0 Å². The first-order valence-electron chi connectivity index (χ1n) is 14.6. The quantitative estimate of drug-likeness (QED) is 0.178. The van der Waals surface area contributed by atoms with Crippen LogP contribution in [0.5, 0.6) is 5.75 Å². The van der Waals surface area contributed by atoms with Crippen LogP contribution in [0, 0.1) is 19.8 Å². The van der Waals surface area contributed by atoms with Gasteiger partial charge in [-0.3, -0.25) is 4.79 Å². The predicted molar refractivity (Wildman–Crippen MR) is 159 cm³/mol. The van der Waals surface area contributed by atoms with Crippen LogP contribution >= 0.6 is 0 Å². The Kier molecular flexibility index (Phi) is 26.3. The van der Waals surface area contributed by atoms with Crippen molar-refractivity contribution in [2.45, 2.75) is 113 Å². The minimum atomic E-state index is 0.293. The SMILES string of the molecule is CC.CCCC(CCC)CCCOc1ccc(C=O)c(C)c1.CCCCO.CNCC(C)c1nc(C)no1. The maximum absolute atomic E-state index is 10.8. The lowest BCUT2D eigenvalue weighted by atomic mass is 9.93. The molecule has 0 aliphatic rings. The third-order valence-electron chi connectivity index (χ3n) is 5.77. The van der Waals surface area contributed by atoms with Gasteiger partial charge in [0.05, 0.1) is 6.61 Å². The lowest BCUT2D eigenvalue weighted by Crippen LogP contribution is -2.14. The van der Waals surface area contributed by atoms with Crippen molar-refractivity contribution in [3.05, 3.63) is 41.0 Å². The molecule has 1 heterocycles. The molecule has 1 atom stereocenters. The standard InChI is InChI=1S/C18H28O2.C7H13N3O.C4H10O.C2H6/c1-4-7-16(8-5-2)9-6-12-20-18-11-10-17(14-19)15(3)13-18;1-5(4-8-3)7-9-6(2)10-11-7;1-2-3-4-5;1-2/h10-11,13-14,16H,4-9,12H2,1-3H3;5,8H,4H2,1-3H3;5H,2-4H2,1H3;1-2H3. The fraction of sp³-hybridized carbons (Fsp3) is 0.710. The van der Waals surface area contributed by atoms with Gasteiger partial charge in [-0.05, 0) is 69.8 Å². The number of nitrogens with one attached hydrogen (secondary N) is 1. The van der Waals surface area contributed by atoms with E-state index in [2.05, 4.69) is 36.2 Å². The Morgan fingerprint density at radius 2 is 1.71 bits per heavy atom. The normalized spacial score (nSPS) is 10.8. The molecule has 0 aliphatic carbocycles. The first-order valence-corrected chi connectivity index (χ1v) is 14.6. The molecule has 2 N–H and O–H groups in total. The summed E-state index contributed by atoms with van der Waals surface area (Å²) in [5.41, 5.74) is 1.72. The van der Waals surface area contributed by atoms with E-state index in [0.29, 0.717) is 24.2 Å². The number of benzene rings is 1. The minimum Gasteiger partial charge on any atom is -0.494 e. The number of rotatable bonds is 15. The second-order valence-electron chi connectivity index (χ2n) is 9.29. The van der Waals surface area contributed by atoms with E-state index < -0.39 is 0 Å². The van der Waals surface area contributed by atoms with Crippen molar-refractivity contribution in [1.82, 2.24) is 15.5 Å². The van der Waals surface area contributed by atoms with Crippen molar-refractivity contribution in [1.29, 1.82) is 0 Å².